The number of aryl methyl sites for hydroxylation is 1. The molecule has 156 valence electrons. The first kappa shape index (κ1) is 20.0. The fourth-order valence-electron chi connectivity index (χ4n) is 5.05. The average molecular weight is 398 g/mol. The molecule has 4 rings (SSSR count). The van der Waals surface area contributed by atoms with Gasteiger partial charge in [0, 0.05) is 43.5 Å². The third-order valence-electron chi connectivity index (χ3n) is 6.50. The molecule has 3 atom stereocenters. The van der Waals surface area contributed by atoms with Gasteiger partial charge in [0.1, 0.15) is 5.76 Å². The number of hydrogen-bond donors (Lipinski definition) is 0. The van der Waals surface area contributed by atoms with Gasteiger partial charge in [0.15, 0.2) is 0 Å². The molecule has 3 heterocycles. The summed E-state index contributed by atoms with van der Waals surface area (Å²) in [6.07, 6.45) is 5.74. The van der Waals surface area contributed by atoms with Crippen LogP contribution in [0.15, 0.2) is 40.9 Å². The van der Waals surface area contributed by atoms with Gasteiger partial charge in [-0.1, -0.05) is 43.2 Å². The van der Waals surface area contributed by atoms with E-state index in [1.165, 1.54) is 24.8 Å². The molecule has 0 aliphatic carbocycles. The molecule has 2 aliphatic heterocycles. The molecule has 1 amide bonds. The molecule has 0 N–H and O–H groups in total. The molecule has 1 aromatic carbocycles. The van der Waals surface area contributed by atoms with Crippen LogP contribution in [0.3, 0.4) is 0 Å². The second-order valence-electron chi connectivity index (χ2n) is 8.29. The minimum Gasteiger partial charge on any atom is -0.479 e. The number of benzene rings is 1. The van der Waals surface area contributed by atoms with Gasteiger partial charge in [0.05, 0.1) is 7.11 Å². The molecule has 0 radical (unpaired) electrons. The van der Waals surface area contributed by atoms with E-state index in [1.54, 1.807) is 13.2 Å². The van der Waals surface area contributed by atoms with Gasteiger partial charge in [-0.05, 0) is 37.2 Å². The summed E-state index contributed by atoms with van der Waals surface area (Å²) in [4.78, 5) is 17.9. The van der Waals surface area contributed by atoms with Crippen molar-refractivity contribution in [2.75, 3.05) is 27.2 Å². The number of carbonyl (C=O) groups is 1. The molecule has 2 saturated heterocycles. The second kappa shape index (κ2) is 8.99. The summed E-state index contributed by atoms with van der Waals surface area (Å²) < 4.78 is 10.3. The molecule has 0 spiro atoms. The number of fused-ring (bicyclic) bond motifs is 1. The topological polar surface area (TPSA) is 58.8 Å². The van der Waals surface area contributed by atoms with E-state index < -0.39 is 0 Å². The monoisotopic (exact) mass is 397 g/mol. The van der Waals surface area contributed by atoms with Gasteiger partial charge in [-0.15, -0.1) is 0 Å². The molecule has 6 nitrogen and oxygen atoms in total. The van der Waals surface area contributed by atoms with Crippen molar-refractivity contribution in [1.82, 2.24) is 15.0 Å². The molecule has 0 bridgehead atoms. The molecular formula is C23H31N3O3. The van der Waals surface area contributed by atoms with Crippen LogP contribution in [0.1, 0.15) is 49.3 Å². The molecule has 0 unspecified atom stereocenters. The summed E-state index contributed by atoms with van der Waals surface area (Å²) in [7, 11) is 3.79. The van der Waals surface area contributed by atoms with Gasteiger partial charge in [0.2, 0.25) is 5.91 Å². The first-order valence-corrected chi connectivity index (χ1v) is 10.7. The molecule has 1 aromatic heterocycles. The highest BCUT2D eigenvalue weighted by atomic mass is 16.5. The van der Waals surface area contributed by atoms with E-state index >= 15 is 0 Å². The Balaban J connectivity index is 1.52. The van der Waals surface area contributed by atoms with Crippen molar-refractivity contribution in [3.8, 4) is 5.88 Å². The van der Waals surface area contributed by atoms with Gasteiger partial charge in [-0.25, -0.2) is 0 Å². The van der Waals surface area contributed by atoms with Gasteiger partial charge < -0.3 is 19.1 Å². The van der Waals surface area contributed by atoms with Crippen LogP contribution in [0.5, 0.6) is 5.88 Å². The lowest BCUT2D eigenvalue weighted by Gasteiger charge is -2.37. The number of rotatable bonds is 5. The third-order valence-corrected chi connectivity index (χ3v) is 6.50. The van der Waals surface area contributed by atoms with E-state index in [0.717, 1.165) is 19.5 Å². The number of amides is 1. The number of ether oxygens (including phenoxy) is 1. The second-order valence-corrected chi connectivity index (χ2v) is 8.29. The fourth-order valence-corrected chi connectivity index (χ4v) is 5.05. The number of likely N-dealkylation sites (tertiary alicyclic amines) is 2. The van der Waals surface area contributed by atoms with Gasteiger partial charge in [-0.2, -0.15) is 0 Å². The molecule has 0 saturated carbocycles. The highest BCUT2D eigenvalue weighted by molar-refractivity contribution is 5.77. The maximum absolute atomic E-state index is 13.2. The zero-order chi connectivity index (χ0) is 20.2. The standard InChI is InChI=1S/C23H31N3O3/c1-25-14-8-4-7-11-20-23(25)19(17-9-5-3-6-10-17)16-26(20)22(27)13-12-18-15-21(28-2)24-29-18/h3,5-6,9-10,15,19-20,23H,4,7-8,11-14,16H2,1-2H3/t19-,20+,23-/m0/s1. The zero-order valence-corrected chi connectivity index (χ0v) is 17.4. The Morgan fingerprint density at radius 1 is 1.24 bits per heavy atom. The van der Waals surface area contributed by atoms with Gasteiger partial charge in [-0.3, -0.25) is 4.79 Å². The highest BCUT2D eigenvalue weighted by Gasteiger charge is 2.46. The predicted molar refractivity (Wildman–Crippen MR) is 111 cm³/mol. The smallest absolute Gasteiger partial charge is 0.254 e. The maximum Gasteiger partial charge on any atom is 0.254 e. The third kappa shape index (κ3) is 4.32. The molecule has 2 aromatic rings. The summed E-state index contributed by atoms with van der Waals surface area (Å²) >= 11 is 0. The first-order valence-electron chi connectivity index (χ1n) is 10.7. The number of hydrogen-bond acceptors (Lipinski definition) is 5. The summed E-state index contributed by atoms with van der Waals surface area (Å²) in [6, 6.07) is 13.1. The van der Waals surface area contributed by atoms with E-state index in [9.17, 15) is 4.79 Å². The normalized spacial score (nSPS) is 25.3. The van der Waals surface area contributed by atoms with Crippen molar-refractivity contribution in [2.45, 2.75) is 56.5 Å². The first-order chi connectivity index (χ1) is 14.2. The largest absolute Gasteiger partial charge is 0.479 e. The van der Waals surface area contributed by atoms with Crippen LogP contribution in [-0.4, -0.2) is 60.2 Å². The SMILES string of the molecule is COc1cc(CCC(=O)N2C[C@@H](c3ccccc3)[C@H]3[C@H]2CCCCCN3C)on1. The van der Waals surface area contributed by atoms with Crippen LogP contribution >= 0.6 is 0 Å². The Morgan fingerprint density at radius 2 is 2.07 bits per heavy atom. The van der Waals surface area contributed by atoms with E-state index in [4.69, 9.17) is 9.26 Å². The maximum atomic E-state index is 13.2. The number of aromatic nitrogens is 1. The molecule has 2 aliphatic rings. The fraction of sp³-hybridized carbons (Fsp3) is 0.565. The van der Waals surface area contributed by atoms with Gasteiger partial charge >= 0.3 is 0 Å². The Bertz CT molecular complexity index is 807. The number of likely N-dealkylation sites (N-methyl/N-ethyl adjacent to an activating group) is 1. The molecular weight excluding hydrogens is 366 g/mol. The van der Waals surface area contributed by atoms with Crippen molar-refractivity contribution in [3.63, 3.8) is 0 Å². The Morgan fingerprint density at radius 3 is 2.83 bits per heavy atom. The van der Waals surface area contributed by atoms with Gasteiger partial charge in [0.25, 0.3) is 5.88 Å². The summed E-state index contributed by atoms with van der Waals surface area (Å²) in [5, 5.41) is 3.83. The lowest BCUT2D eigenvalue weighted by atomic mass is 9.87. The van der Waals surface area contributed by atoms with E-state index in [-0.39, 0.29) is 11.9 Å². The summed E-state index contributed by atoms with van der Waals surface area (Å²) in [6.45, 7) is 1.90. The molecule has 6 heteroatoms. The lowest BCUT2D eigenvalue weighted by molar-refractivity contribution is -0.132. The van der Waals surface area contributed by atoms with Crippen LogP contribution in [0.2, 0.25) is 0 Å². The Kier molecular flexibility index (Phi) is 6.19. The predicted octanol–water partition coefficient (Wildman–Crippen LogP) is 3.48. The summed E-state index contributed by atoms with van der Waals surface area (Å²) in [5.74, 6) is 1.72. The number of methoxy groups -OCH3 is 1. The van der Waals surface area contributed by atoms with Crippen LogP contribution < -0.4 is 4.74 Å². The molecule has 2 fully saturated rings. The van der Waals surface area contributed by atoms with Crippen molar-refractivity contribution >= 4 is 5.91 Å². The lowest BCUT2D eigenvalue weighted by Crippen LogP contribution is -2.47. The quantitative estimate of drug-likeness (QED) is 0.773. The number of carbonyl (C=O) groups excluding carboxylic acids is 1. The highest BCUT2D eigenvalue weighted by Crippen LogP contribution is 2.39. The number of nitrogens with zero attached hydrogens (tertiary/aromatic N) is 3. The van der Waals surface area contributed by atoms with E-state index in [0.29, 0.717) is 36.4 Å². The van der Waals surface area contributed by atoms with Crippen LogP contribution in [0, 0.1) is 0 Å². The van der Waals surface area contributed by atoms with Crippen LogP contribution in [0.25, 0.3) is 0 Å². The summed E-state index contributed by atoms with van der Waals surface area (Å²) in [5.41, 5.74) is 1.34. The van der Waals surface area contributed by atoms with Crippen molar-refractivity contribution in [3.05, 3.63) is 47.7 Å². The van der Waals surface area contributed by atoms with E-state index in [1.807, 2.05) is 0 Å². The van der Waals surface area contributed by atoms with Crippen molar-refractivity contribution in [1.29, 1.82) is 0 Å². The van der Waals surface area contributed by atoms with Crippen molar-refractivity contribution in [2.24, 2.45) is 0 Å². The molecule has 29 heavy (non-hydrogen) atoms. The minimum atomic E-state index is 0.211. The Hall–Kier alpha value is -2.34. The van der Waals surface area contributed by atoms with Crippen molar-refractivity contribution < 1.29 is 14.1 Å². The minimum absolute atomic E-state index is 0.211. The Labute approximate surface area is 172 Å². The average Bonchev–Trinajstić information content (AvgIpc) is 3.35. The van der Waals surface area contributed by atoms with E-state index in [2.05, 4.69) is 52.3 Å². The van der Waals surface area contributed by atoms with Crippen LogP contribution in [-0.2, 0) is 11.2 Å². The van der Waals surface area contributed by atoms with Crippen LogP contribution in [0.4, 0.5) is 0 Å². The zero-order valence-electron chi connectivity index (χ0n) is 17.4.